The zero-order valence-corrected chi connectivity index (χ0v) is 12.4. The summed E-state index contributed by atoms with van der Waals surface area (Å²) in [4.78, 5) is 11.8. The molecule has 2 N–H and O–H groups in total. The molecule has 0 spiro atoms. The first-order chi connectivity index (χ1) is 11.2. The Kier molecular flexibility index (Phi) is 4.61. The first-order valence-electron chi connectivity index (χ1n) is 7.35. The molecule has 0 bridgehead atoms. The lowest BCUT2D eigenvalue weighted by atomic mass is 10.2. The average Bonchev–Trinajstić information content (AvgIpc) is 2.59. The zero-order chi connectivity index (χ0) is 16.1. The number of benzene rings is 2. The molecule has 1 aliphatic heterocycles. The van der Waals surface area contributed by atoms with Crippen LogP contribution in [0.3, 0.4) is 0 Å². The molecule has 6 heteroatoms. The molecule has 0 aliphatic carbocycles. The minimum absolute atomic E-state index is 0.235. The molecule has 0 unspecified atom stereocenters. The maximum Gasteiger partial charge on any atom is 0.315 e. The third-order valence-corrected chi connectivity index (χ3v) is 3.42. The fraction of sp³-hybridized carbons (Fsp3) is 0.235. The van der Waals surface area contributed by atoms with Crippen molar-refractivity contribution in [2.45, 2.75) is 12.6 Å². The molecule has 1 heterocycles. The van der Waals surface area contributed by atoms with E-state index in [1.165, 1.54) is 12.1 Å². The van der Waals surface area contributed by atoms with Gasteiger partial charge in [0, 0.05) is 6.54 Å². The van der Waals surface area contributed by atoms with E-state index in [1.807, 2.05) is 24.3 Å². The Morgan fingerprint density at radius 2 is 1.83 bits per heavy atom. The number of para-hydroxylation sites is 2. The minimum Gasteiger partial charge on any atom is -0.486 e. The van der Waals surface area contributed by atoms with Gasteiger partial charge >= 0.3 is 6.03 Å². The van der Waals surface area contributed by atoms with E-state index in [-0.39, 0.29) is 18.0 Å². The lowest BCUT2D eigenvalue weighted by Gasteiger charge is -2.26. The number of hydrogen-bond donors (Lipinski definition) is 2. The lowest BCUT2D eigenvalue weighted by Crippen LogP contribution is -2.44. The van der Waals surface area contributed by atoms with Gasteiger partial charge in [-0.1, -0.05) is 24.3 Å². The Bertz CT molecular complexity index is 676. The molecule has 2 amide bonds. The first-order valence-corrected chi connectivity index (χ1v) is 7.35. The smallest absolute Gasteiger partial charge is 0.315 e. The van der Waals surface area contributed by atoms with Gasteiger partial charge in [-0.2, -0.15) is 0 Å². The number of hydrogen-bond acceptors (Lipinski definition) is 3. The van der Waals surface area contributed by atoms with Crippen molar-refractivity contribution in [1.29, 1.82) is 0 Å². The van der Waals surface area contributed by atoms with Crippen molar-refractivity contribution in [2.24, 2.45) is 0 Å². The number of ether oxygens (including phenoxy) is 2. The molecule has 1 atom stereocenters. The van der Waals surface area contributed by atoms with Crippen LogP contribution in [0.15, 0.2) is 48.5 Å². The number of halogens is 1. The number of nitrogens with one attached hydrogen (secondary N) is 2. The summed E-state index contributed by atoms with van der Waals surface area (Å²) in [6.07, 6.45) is -0.235. The van der Waals surface area contributed by atoms with Crippen LogP contribution in [0.2, 0.25) is 0 Å². The maximum absolute atomic E-state index is 12.8. The summed E-state index contributed by atoms with van der Waals surface area (Å²) in [6, 6.07) is 13.1. The van der Waals surface area contributed by atoms with Gasteiger partial charge in [-0.05, 0) is 29.8 Å². The van der Waals surface area contributed by atoms with Gasteiger partial charge in [0.15, 0.2) is 17.6 Å². The topological polar surface area (TPSA) is 59.6 Å². The van der Waals surface area contributed by atoms with Gasteiger partial charge in [-0.25, -0.2) is 9.18 Å². The summed E-state index contributed by atoms with van der Waals surface area (Å²) in [7, 11) is 0. The maximum atomic E-state index is 12.8. The van der Waals surface area contributed by atoms with Gasteiger partial charge in [0.05, 0.1) is 6.54 Å². The molecular formula is C17H17FN2O3. The highest BCUT2D eigenvalue weighted by molar-refractivity contribution is 5.73. The molecule has 2 aromatic carbocycles. The van der Waals surface area contributed by atoms with E-state index in [0.717, 1.165) is 5.56 Å². The van der Waals surface area contributed by atoms with Crippen molar-refractivity contribution in [3.8, 4) is 11.5 Å². The summed E-state index contributed by atoms with van der Waals surface area (Å²) in [5.41, 5.74) is 0.827. The molecule has 2 aromatic rings. The second-order valence-corrected chi connectivity index (χ2v) is 5.19. The highest BCUT2D eigenvalue weighted by atomic mass is 19.1. The predicted molar refractivity (Wildman–Crippen MR) is 83.0 cm³/mol. The van der Waals surface area contributed by atoms with Crippen LogP contribution >= 0.6 is 0 Å². The molecule has 0 aromatic heterocycles. The van der Waals surface area contributed by atoms with Crippen LogP contribution < -0.4 is 20.1 Å². The quantitative estimate of drug-likeness (QED) is 0.911. The Morgan fingerprint density at radius 1 is 1.09 bits per heavy atom. The molecule has 3 rings (SSSR count). The Morgan fingerprint density at radius 3 is 2.61 bits per heavy atom. The van der Waals surface area contributed by atoms with Crippen LogP contribution in [0.5, 0.6) is 11.5 Å². The van der Waals surface area contributed by atoms with Gasteiger partial charge in [-0.3, -0.25) is 0 Å². The number of urea groups is 1. The van der Waals surface area contributed by atoms with Gasteiger partial charge in [-0.15, -0.1) is 0 Å². The summed E-state index contributed by atoms with van der Waals surface area (Å²) in [5, 5.41) is 5.44. The molecule has 0 radical (unpaired) electrons. The number of carbonyl (C=O) groups is 1. The highest BCUT2D eigenvalue weighted by Gasteiger charge is 2.20. The van der Waals surface area contributed by atoms with Crippen LogP contribution in [0, 0.1) is 5.82 Å². The SMILES string of the molecule is O=C(NCc1ccc(F)cc1)NC[C@H]1COc2ccccc2O1. The van der Waals surface area contributed by atoms with E-state index < -0.39 is 0 Å². The second-order valence-electron chi connectivity index (χ2n) is 5.19. The highest BCUT2D eigenvalue weighted by Crippen LogP contribution is 2.30. The molecule has 1 aliphatic rings. The number of carbonyl (C=O) groups excluding carboxylic acids is 1. The van der Waals surface area contributed by atoms with Crippen LogP contribution in [0.4, 0.5) is 9.18 Å². The molecule has 0 saturated heterocycles. The average molecular weight is 316 g/mol. The van der Waals surface area contributed by atoms with Crippen LogP contribution in [0.25, 0.3) is 0 Å². The monoisotopic (exact) mass is 316 g/mol. The van der Waals surface area contributed by atoms with E-state index in [4.69, 9.17) is 9.47 Å². The fourth-order valence-electron chi connectivity index (χ4n) is 2.22. The normalized spacial score (nSPS) is 15.8. The van der Waals surface area contributed by atoms with Gasteiger partial charge in [0.1, 0.15) is 12.4 Å². The molecule has 0 saturated carbocycles. The number of fused-ring (bicyclic) bond motifs is 1. The third-order valence-electron chi connectivity index (χ3n) is 3.42. The van der Waals surface area contributed by atoms with Crippen molar-refractivity contribution in [3.05, 3.63) is 59.9 Å². The second kappa shape index (κ2) is 7.00. The minimum atomic E-state index is -0.309. The van der Waals surface area contributed by atoms with Crippen LogP contribution in [-0.4, -0.2) is 25.3 Å². The summed E-state index contributed by atoms with van der Waals surface area (Å²) < 4.78 is 24.1. The first kappa shape index (κ1) is 15.1. The van der Waals surface area contributed by atoms with Gasteiger partial charge < -0.3 is 20.1 Å². The molecule has 23 heavy (non-hydrogen) atoms. The predicted octanol–water partition coefficient (Wildman–Crippen LogP) is 2.46. The summed E-state index contributed by atoms with van der Waals surface area (Å²) in [5.74, 6) is 1.09. The largest absolute Gasteiger partial charge is 0.486 e. The van der Waals surface area contributed by atoms with E-state index in [1.54, 1.807) is 12.1 Å². The van der Waals surface area contributed by atoms with Crippen LogP contribution in [0.1, 0.15) is 5.56 Å². The molecule has 120 valence electrons. The number of rotatable bonds is 4. The van der Waals surface area contributed by atoms with E-state index in [9.17, 15) is 9.18 Å². The Balaban J connectivity index is 1.42. The fourth-order valence-corrected chi connectivity index (χ4v) is 2.22. The van der Waals surface area contributed by atoms with E-state index in [0.29, 0.717) is 31.2 Å². The lowest BCUT2D eigenvalue weighted by molar-refractivity contribution is 0.0918. The molecular weight excluding hydrogens is 299 g/mol. The summed E-state index contributed by atoms with van der Waals surface area (Å²) >= 11 is 0. The standard InChI is InChI=1S/C17H17FN2O3/c18-13-7-5-12(6-8-13)9-19-17(21)20-10-14-11-22-15-3-1-2-4-16(15)23-14/h1-8,14H,9-11H2,(H2,19,20,21)/t14-/m0/s1. The van der Waals surface area contributed by atoms with E-state index in [2.05, 4.69) is 10.6 Å². The third kappa shape index (κ3) is 4.12. The molecule has 5 nitrogen and oxygen atoms in total. The van der Waals surface area contributed by atoms with Crippen molar-refractivity contribution < 1.29 is 18.7 Å². The van der Waals surface area contributed by atoms with Crippen molar-refractivity contribution in [3.63, 3.8) is 0 Å². The molecule has 0 fully saturated rings. The Hall–Kier alpha value is -2.76. The van der Waals surface area contributed by atoms with E-state index >= 15 is 0 Å². The Labute approximate surface area is 133 Å². The summed E-state index contributed by atoms with van der Waals surface area (Å²) in [6.45, 7) is 1.05. The van der Waals surface area contributed by atoms with Crippen molar-refractivity contribution in [1.82, 2.24) is 10.6 Å². The van der Waals surface area contributed by atoms with Gasteiger partial charge in [0.25, 0.3) is 0 Å². The van der Waals surface area contributed by atoms with Crippen molar-refractivity contribution in [2.75, 3.05) is 13.2 Å². The number of amides is 2. The van der Waals surface area contributed by atoms with Crippen LogP contribution in [-0.2, 0) is 6.54 Å². The zero-order valence-electron chi connectivity index (χ0n) is 12.4. The van der Waals surface area contributed by atoms with Gasteiger partial charge in [0.2, 0.25) is 0 Å². The van der Waals surface area contributed by atoms with Crippen molar-refractivity contribution >= 4 is 6.03 Å².